The third kappa shape index (κ3) is 3.57. The van der Waals surface area contributed by atoms with Crippen molar-refractivity contribution in [2.24, 2.45) is 5.92 Å². The smallest absolute Gasteiger partial charge is 0.376 e. The van der Waals surface area contributed by atoms with Crippen LogP contribution < -0.4 is 0 Å². The van der Waals surface area contributed by atoms with E-state index in [1.54, 1.807) is 4.90 Å². The predicted octanol–water partition coefficient (Wildman–Crippen LogP) is 3.12. The minimum atomic E-state index is -0.638. The highest BCUT2D eigenvalue weighted by Crippen LogP contribution is 2.35. The molecule has 0 unspecified atom stereocenters. The summed E-state index contributed by atoms with van der Waals surface area (Å²) in [5.74, 6) is -0.0491. The SMILES string of the molecule is CC[C@@H]1CN(C(=O)c2cc(C(=O)OC)on2)CC[C@H]1c1ccccc1. The number of aromatic nitrogens is 1. The maximum Gasteiger partial charge on any atom is 0.376 e. The van der Waals surface area contributed by atoms with E-state index < -0.39 is 5.97 Å². The zero-order chi connectivity index (χ0) is 17.8. The van der Waals surface area contributed by atoms with Gasteiger partial charge in [-0.1, -0.05) is 48.8 Å². The van der Waals surface area contributed by atoms with E-state index in [1.807, 2.05) is 6.07 Å². The Hall–Kier alpha value is -2.63. The Morgan fingerprint density at radius 2 is 2.08 bits per heavy atom. The zero-order valence-corrected chi connectivity index (χ0v) is 14.5. The normalized spacial score (nSPS) is 20.3. The molecule has 2 heterocycles. The lowest BCUT2D eigenvalue weighted by Gasteiger charge is -2.38. The molecule has 6 nitrogen and oxygen atoms in total. The summed E-state index contributed by atoms with van der Waals surface area (Å²) in [6.07, 6.45) is 1.91. The highest BCUT2D eigenvalue weighted by atomic mass is 16.5. The average molecular weight is 342 g/mol. The quantitative estimate of drug-likeness (QED) is 0.798. The Morgan fingerprint density at radius 3 is 2.76 bits per heavy atom. The maximum atomic E-state index is 12.7. The van der Waals surface area contributed by atoms with Gasteiger partial charge in [0.25, 0.3) is 5.91 Å². The highest BCUT2D eigenvalue weighted by molar-refractivity contribution is 5.95. The van der Waals surface area contributed by atoms with Gasteiger partial charge in [0.1, 0.15) is 0 Å². The minimum Gasteiger partial charge on any atom is -0.463 e. The molecule has 25 heavy (non-hydrogen) atoms. The van der Waals surface area contributed by atoms with Crippen LogP contribution in [0.4, 0.5) is 0 Å². The van der Waals surface area contributed by atoms with Gasteiger partial charge in [0.05, 0.1) is 7.11 Å². The van der Waals surface area contributed by atoms with E-state index in [2.05, 4.69) is 41.1 Å². The largest absolute Gasteiger partial charge is 0.463 e. The van der Waals surface area contributed by atoms with Gasteiger partial charge in [0.15, 0.2) is 5.69 Å². The van der Waals surface area contributed by atoms with Gasteiger partial charge in [0, 0.05) is 19.2 Å². The van der Waals surface area contributed by atoms with Crippen LogP contribution in [0.15, 0.2) is 40.9 Å². The molecule has 1 aromatic heterocycles. The molecule has 1 aliphatic heterocycles. The number of esters is 1. The first-order valence-electron chi connectivity index (χ1n) is 8.53. The summed E-state index contributed by atoms with van der Waals surface area (Å²) >= 11 is 0. The van der Waals surface area contributed by atoms with Gasteiger partial charge < -0.3 is 14.2 Å². The number of methoxy groups -OCH3 is 1. The van der Waals surface area contributed by atoms with Crippen molar-refractivity contribution in [3.63, 3.8) is 0 Å². The summed E-state index contributed by atoms with van der Waals surface area (Å²) in [5, 5.41) is 3.72. The lowest BCUT2D eigenvalue weighted by atomic mass is 9.79. The zero-order valence-electron chi connectivity index (χ0n) is 14.5. The summed E-state index contributed by atoms with van der Waals surface area (Å²) in [7, 11) is 1.26. The number of piperidine rings is 1. The van der Waals surface area contributed by atoms with Crippen molar-refractivity contribution in [2.45, 2.75) is 25.7 Å². The van der Waals surface area contributed by atoms with E-state index in [0.717, 1.165) is 12.8 Å². The van der Waals surface area contributed by atoms with Crippen LogP contribution in [0.1, 0.15) is 52.3 Å². The van der Waals surface area contributed by atoms with Crippen LogP contribution in [-0.4, -0.2) is 42.1 Å². The molecule has 3 rings (SSSR count). The van der Waals surface area contributed by atoms with Crippen LogP contribution in [0.25, 0.3) is 0 Å². The van der Waals surface area contributed by atoms with Crippen LogP contribution >= 0.6 is 0 Å². The van der Waals surface area contributed by atoms with Gasteiger partial charge in [-0.25, -0.2) is 4.79 Å². The molecule has 0 N–H and O–H groups in total. The lowest BCUT2D eigenvalue weighted by Crippen LogP contribution is -2.43. The molecular weight excluding hydrogens is 320 g/mol. The fourth-order valence-electron chi connectivity index (χ4n) is 3.50. The molecular formula is C19H22N2O4. The molecule has 0 saturated carbocycles. The molecule has 6 heteroatoms. The molecule has 132 valence electrons. The third-order valence-corrected chi connectivity index (χ3v) is 4.89. The topological polar surface area (TPSA) is 72.6 Å². The molecule has 2 atom stereocenters. The first kappa shape index (κ1) is 17.2. The molecule has 2 aromatic rings. The number of hydrogen-bond acceptors (Lipinski definition) is 5. The van der Waals surface area contributed by atoms with Crippen molar-refractivity contribution in [3.05, 3.63) is 53.4 Å². The number of likely N-dealkylation sites (tertiary alicyclic amines) is 1. The second kappa shape index (κ2) is 7.51. The van der Waals surface area contributed by atoms with Crippen molar-refractivity contribution in [3.8, 4) is 0 Å². The van der Waals surface area contributed by atoms with Crippen molar-refractivity contribution < 1.29 is 18.8 Å². The Balaban J connectivity index is 1.71. The van der Waals surface area contributed by atoms with Crippen molar-refractivity contribution in [1.29, 1.82) is 0 Å². The van der Waals surface area contributed by atoms with Crippen LogP contribution in [-0.2, 0) is 4.74 Å². The fourth-order valence-corrected chi connectivity index (χ4v) is 3.50. The molecule has 1 amide bonds. The van der Waals surface area contributed by atoms with Crippen molar-refractivity contribution in [2.75, 3.05) is 20.2 Å². The van der Waals surface area contributed by atoms with Crippen LogP contribution in [0.5, 0.6) is 0 Å². The molecule has 1 aromatic carbocycles. The van der Waals surface area contributed by atoms with Gasteiger partial charge in [-0.05, 0) is 23.8 Å². The number of carbonyl (C=O) groups excluding carboxylic acids is 2. The van der Waals surface area contributed by atoms with E-state index >= 15 is 0 Å². The summed E-state index contributed by atoms with van der Waals surface area (Å²) in [6, 6.07) is 11.8. The van der Waals surface area contributed by atoms with Crippen LogP contribution in [0.2, 0.25) is 0 Å². The number of rotatable bonds is 4. The molecule has 1 aliphatic rings. The maximum absolute atomic E-state index is 12.7. The van der Waals surface area contributed by atoms with Gasteiger partial charge >= 0.3 is 5.97 Å². The minimum absolute atomic E-state index is 0.0583. The molecule has 0 bridgehead atoms. The molecule has 1 saturated heterocycles. The Bertz CT molecular complexity index is 741. The second-order valence-corrected chi connectivity index (χ2v) is 6.29. The van der Waals surface area contributed by atoms with Crippen LogP contribution in [0, 0.1) is 5.92 Å². The van der Waals surface area contributed by atoms with E-state index in [9.17, 15) is 9.59 Å². The predicted molar refractivity (Wildman–Crippen MR) is 91.3 cm³/mol. The molecule has 1 fully saturated rings. The van der Waals surface area contributed by atoms with Crippen LogP contribution in [0.3, 0.4) is 0 Å². The Labute approximate surface area is 146 Å². The van der Waals surface area contributed by atoms with Gasteiger partial charge in [-0.15, -0.1) is 0 Å². The number of hydrogen-bond donors (Lipinski definition) is 0. The molecule has 0 aliphatic carbocycles. The Morgan fingerprint density at radius 1 is 1.32 bits per heavy atom. The summed E-state index contributed by atoms with van der Waals surface area (Å²) in [5.41, 5.74) is 1.48. The number of nitrogens with zero attached hydrogens (tertiary/aromatic N) is 2. The number of ether oxygens (including phenoxy) is 1. The monoisotopic (exact) mass is 342 g/mol. The standard InChI is InChI=1S/C19H22N2O4/c1-3-13-12-21(10-9-15(13)14-7-5-4-6-8-14)18(22)16-11-17(25-20-16)19(23)24-2/h4-8,11,13,15H,3,9-10,12H2,1-2H3/t13-,15-/m1/s1. The summed E-state index contributed by atoms with van der Waals surface area (Å²) < 4.78 is 9.48. The van der Waals surface area contributed by atoms with Gasteiger partial charge in [-0.2, -0.15) is 0 Å². The fraction of sp³-hybridized carbons (Fsp3) is 0.421. The summed E-state index contributed by atoms with van der Waals surface area (Å²) in [4.78, 5) is 25.9. The lowest BCUT2D eigenvalue weighted by molar-refractivity contribution is 0.0551. The number of carbonyl (C=O) groups is 2. The van der Waals surface area contributed by atoms with E-state index in [0.29, 0.717) is 24.9 Å². The number of benzene rings is 1. The Kier molecular flexibility index (Phi) is 5.16. The van der Waals surface area contributed by atoms with Crippen molar-refractivity contribution in [1.82, 2.24) is 10.1 Å². The first-order valence-corrected chi connectivity index (χ1v) is 8.53. The molecule has 0 spiro atoms. The van der Waals surface area contributed by atoms with Gasteiger partial charge in [0.2, 0.25) is 5.76 Å². The summed E-state index contributed by atoms with van der Waals surface area (Å²) in [6.45, 7) is 3.49. The van der Waals surface area contributed by atoms with E-state index in [-0.39, 0.29) is 17.4 Å². The van der Waals surface area contributed by atoms with Crippen molar-refractivity contribution >= 4 is 11.9 Å². The second-order valence-electron chi connectivity index (χ2n) is 6.29. The average Bonchev–Trinajstić information content (AvgIpc) is 3.17. The van der Waals surface area contributed by atoms with E-state index in [4.69, 9.17) is 4.52 Å². The third-order valence-electron chi connectivity index (χ3n) is 4.89. The first-order chi connectivity index (χ1) is 12.1. The molecule has 0 radical (unpaired) electrons. The highest BCUT2D eigenvalue weighted by Gasteiger charge is 2.33. The van der Waals surface area contributed by atoms with Gasteiger partial charge in [-0.3, -0.25) is 4.79 Å². The van der Waals surface area contributed by atoms with E-state index in [1.165, 1.54) is 18.7 Å². The number of amides is 1.